The molecule has 0 N–H and O–H groups in total. The van der Waals surface area contributed by atoms with Gasteiger partial charge in [-0.25, -0.2) is 9.18 Å². The second-order valence-electron chi connectivity index (χ2n) is 25.2. The average molecular weight is 1430 g/mol. The summed E-state index contributed by atoms with van der Waals surface area (Å²) in [7, 11) is 6.65. The van der Waals surface area contributed by atoms with E-state index in [4.69, 9.17) is 37.9 Å². The van der Waals surface area contributed by atoms with Gasteiger partial charge in [-0.05, 0) is 91.1 Å². The van der Waals surface area contributed by atoms with E-state index in [1.165, 1.54) is 96.6 Å². The molecule has 13 rings (SSSR count). The van der Waals surface area contributed by atoms with E-state index >= 15 is 0 Å². The van der Waals surface area contributed by atoms with Gasteiger partial charge in [-0.3, -0.25) is 9.59 Å². The molecule has 3 unspecified atom stereocenters. The van der Waals surface area contributed by atoms with Gasteiger partial charge in [0.15, 0.2) is 14.7 Å². The maximum Gasteiger partial charge on any atom is 0.343 e. The predicted octanol–water partition coefficient (Wildman–Crippen LogP) is 15.6. The van der Waals surface area contributed by atoms with E-state index in [1.807, 2.05) is 36.4 Å². The van der Waals surface area contributed by atoms with Crippen LogP contribution in [0.4, 0.5) is 13.2 Å². The molecule has 21 heteroatoms. The number of alkyl halides is 3. The molecule has 3 atom stereocenters. The first kappa shape index (κ1) is 78.4. The number of halogens is 3. The monoisotopic (exact) mass is 1430 g/mol. The van der Waals surface area contributed by atoms with E-state index in [-0.39, 0.29) is 57.4 Å². The number of fused-ring (bicyclic) bond motifs is 6. The van der Waals surface area contributed by atoms with E-state index in [2.05, 4.69) is 110 Å². The minimum absolute atomic E-state index is 0.0240. The lowest BCUT2D eigenvalue weighted by Gasteiger charge is -2.25. The van der Waals surface area contributed by atoms with Crippen LogP contribution in [0.3, 0.4) is 0 Å². The van der Waals surface area contributed by atoms with Crippen molar-refractivity contribution in [2.45, 2.75) is 137 Å². The highest BCUT2D eigenvalue weighted by Gasteiger charge is 2.36. The molecule has 7 aliphatic rings. The molecule has 538 valence electrons. The highest BCUT2D eigenvalue weighted by atomic mass is 32.2. The first-order valence-corrected chi connectivity index (χ1v) is 39.0. The van der Waals surface area contributed by atoms with E-state index < -0.39 is 29.3 Å². The summed E-state index contributed by atoms with van der Waals surface area (Å²) in [4.78, 5) is 37.5. The van der Waals surface area contributed by atoms with Gasteiger partial charge in [-0.15, -0.1) is 0 Å². The van der Waals surface area contributed by atoms with Gasteiger partial charge in [-0.1, -0.05) is 80.8 Å². The molecule has 6 aromatic rings. The third-order valence-corrected chi connectivity index (χ3v) is 24.1. The quantitative estimate of drug-likeness (QED) is 0.0480. The summed E-state index contributed by atoms with van der Waals surface area (Å²) in [6.07, 6.45) is 8.22. The highest BCUT2D eigenvalue weighted by molar-refractivity contribution is 7.97. The standard InChI is InChI=1S/3C17H17O2S.C12H21FO3.C8H15FO3.C7H13FO3/c3*1-2-4-16-13(3-1)11-14-12-15(5-6-17(14)19-16)20-9-7-18-8-10-20;1-12(13,8-9-15-2)16-11(14)10-6-4-3-5-7-10;1-4-7(10)12-8(2,9)5-6-11-3;1-7(8,4-5-10-2)6(9)11-3/h3*1-6,12H,7-11H2;10H,3-9H2,1-2H3;4-6H2,1-3H3;4-5H2,1-3H3/q3*+1;;;. The van der Waals surface area contributed by atoms with Crippen molar-refractivity contribution in [1.82, 2.24) is 0 Å². The molecule has 6 aliphatic heterocycles. The second kappa shape index (κ2) is 39.8. The van der Waals surface area contributed by atoms with Crippen LogP contribution < -0.4 is 14.2 Å². The first-order chi connectivity index (χ1) is 47.8. The molecular weight excluding hydrogens is 1330 g/mol. The summed E-state index contributed by atoms with van der Waals surface area (Å²) in [5.41, 5.74) is 5.89. The van der Waals surface area contributed by atoms with Crippen LogP contribution in [0, 0.1) is 5.92 Å². The summed E-state index contributed by atoms with van der Waals surface area (Å²) in [6.45, 7) is 11.4. The van der Waals surface area contributed by atoms with Gasteiger partial charge >= 0.3 is 17.9 Å². The Bertz CT molecular complexity index is 3220. The van der Waals surface area contributed by atoms with E-state index in [0.717, 1.165) is 161 Å². The summed E-state index contributed by atoms with van der Waals surface area (Å²) < 4.78 is 102. The van der Waals surface area contributed by atoms with E-state index in [1.54, 1.807) is 6.92 Å². The van der Waals surface area contributed by atoms with Gasteiger partial charge in [0.2, 0.25) is 5.67 Å². The summed E-state index contributed by atoms with van der Waals surface area (Å²) in [5.74, 6) is 7.36. The van der Waals surface area contributed by atoms with Crippen LogP contribution in [0.2, 0.25) is 0 Å². The molecule has 1 aliphatic carbocycles. The predicted molar refractivity (Wildman–Crippen MR) is 385 cm³/mol. The van der Waals surface area contributed by atoms with E-state index in [0.29, 0.717) is 32.7 Å². The Balaban J connectivity index is 0.000000154. The molecule has 15 nitrogen and oxygen atoms in total. The maximum absolute atomic E-state index is 13.8. The Labute approximate surface area is 592 Å². The normalized spacial score (nSPS) is 18.0. The van der Waals surface area contributed by atoms with Gasteiger partial charge in [0.05, 0.1) is 65.9 Å². The zero-order valence-corrected chi connectivity index (χ0v) is 61.2. The van der Waals surface area contributed by atoms with Crippen molar-refractivity contribution in [3.05, 3.63) is 161 Å². The van der Waals surface area contributed by atoms with Crippen LogP contribution in [-0.4, -0.2) is 158 Å². The lowest BCUT2D eigenvalue weighted by atomic mass is 9.89. The van der Waals surface area contributed by atoms with Crippen molar-refractivity contribution < 1.29 is 84.4 Å². The number of para-hydroxylation sites is 3. The first-order valence-electron chi connectivity index (χ1n) is 34.3. The number of carbonyl (C=O) groups is 3. The second-order valence-corrected chi connectivity index (χ2v) is 32.0. The van der Waals surface area contributed by atoms with Crippen LogP contribution in [0.15, 0.2) is 142 Å². The molecular formula is C78H100F3O15S3+3. The van der Waals surface area contributed by atoms with Crippen LogP contribution in [0.25, 0.3) is 0 Å². The fourth-order valence-electron chi connectivity index (χ4n) is 11.6. The number of benzene rings is 6. The largest absolute Gasteiger partial charge is 0.467 e. The Morgan fingerprint density at radius 2 is 0.778 bits per heavy atom. The zero-order chi connectivity index (χ0) is 70.6. The third kappa shape index (κ3) is 24.8. The summed E-state index contributed by atoms with van der Waals surface area (Å²) in [5, 5.41) is 0. The van der Waals surface area contributed by atoms with Crippen LogP contribution in [0.5, 0.6) is 34.5 Å². The maximum atomic E-state index is 13.8. The SMILES string of the molecule is CCC(=O)OC(C)(F)CCOC.COCCC(C)(F)C(=O)OC.COCCC(C)(F)OC(=O)C1CCCCC1.c1ccc2c(c1)Cc1cc([S+]3CCOCC3)ccc1O2.c1ccc2c(c1)Cc1cc([S+]3CCOCC3)ccc1O2.c1ccc2c(c1)Cc1cc([S+]3CCOCC3)ccc1O2. The zero-order valence-electron chi connectivity index (χ0n) is 58.8. The van der Waals surface area contributed by atoms with Gasteiger partial charge < -0.3 is 56.8 Å². The Morgan fingerprint density at radius 3 is 1.12 bits per heavy atom. The molecule has 0 amide bonds. The number of ether oxygens (including phenoxy) is 12. The van der Waals surface area contributed by atoms with Gasteiger partial charge in [0.25, 0.3) is 11.7 Å². The van der Waals surface area contributed by atoms with Crippen LogP contribution in [0.1, 0.15) is 119 Å². The Kier molecular flexibility index (Phi) is 31.5. The fraction of sp³-hybridized carbons (Fsp3) is 0.500. The van der Waals surface area contributed by atoms with E-state index in [9.17, 15) is 27.6 Å². The average Bonchev–Trinajstić information content (AvgIpc) is 0.806. The molecule has 1 saturated carbocycles. The van der Waals surface area contributed by atoms with Crippen LogP contribution in [-0.2, 0) is 109 Å². The summed E-state index contributed by atoms with van der Waals surface area (Å²) in [6, 6.07) is 45.1. The molecule has 0 spiro atoms. The van der Waals surface area contributed by atoms with Crippen molar-refractivity contribution in [3.63, 3.8) is 0 Å². The molecule has 0 aromatic heterocycles. The lowest BCUT2D eigenvalue weighted by Crippen LogP contribution is -2.32. The smallest absolute Gasteiger partial charge is 0.343 e. The van der Waals surface area contributed by atoms with Crippen molar-refractivity contribution in [2.24, 2.45) is 5.92 Å². The van der Waals surface area contributed by atoms with Crippen molar-refractivity contribution in [1.29, 1.82) is 0 Å². The number of hydrogen-bond donors (Lipinski definition) is 0. The number of esters is 3. The Hall–Kier alpha value is -6.27. The number of rotatable bonds is 17. The van der Waals surface area contributed by atoms with Crippen molar-refractivity contribution >= 4 is 50.6 Å². The summed E-state index contributed by atoms with van der Waals surface area (Å²) >= 11 is 0. The molecule has 4 fully saturated rings. The van der Waals surface area contributed by atoms with Gasteiger partial charge in [0, 0.05) is 154 Å². The van der Waals surface area contributed by atoms with Crippen molar-refractivity contribution in [2.75, 3.05) is 122 Å². The minimum atomic E-state index is -1.93. The van der Waals surface area contributed by atoms with Crippen molar-refractivity contribution in [3.8, 4) is 34.5 Å². The fourth-order valence-corrected chi connectivity index (χ4v) is 17.3. The highest BCUT2D eigenvalue weighted by Crippen LogP contribution is 2.41. The number of carbonyl (C=O) groups excluding carboxylic acids is 3. The molecule has 99 heavy (non-hydrogen) atoms. The number of hydrogen-bond acceptors (Lipinski definition) is 15. The lowest BCUT2D eigenvalue weighted by molar-refractivity contribution is -0.187. The molecule has 6 aromatic carbocycles. The third-order valence-electron chi connectivity index (χ3n) is 17.4. The molecule has 3 saturated heterocycles. The Morgan fingerprint density at radius 1 is 0.444 bits per heavy atom. The van der Waals surface area contributed by atoms with Gasteiger partial charge in [-0.2, -0.15) is 8.78 Å². The molecule has 0 radical (unpaired) electrons. The topological polar surface area (TPSA) is 162 Å². The van der Waals surface area contributed by atoms with Gasteiger partial charge in [0.1, 0.15) is 69.0 Å². The minimum Gasteiger partial charge on any atom is -0.467 e. The van der Waals surface area contributed by atoms with Crippen LogP contribution >= 0.6 is 0 Å². The molecule has 6 heterocycles. The number of methoxy groups -OCH3 is 4. The molecule has 0 bridgehead atoms.